The van der Waals surface area contributed by atoms with E-state index in [1.54, 1.807) is 18.5 Å². The van der Waals surface area contributed by atoms with Crippen molar-refractivity contribution in [2.24, 2.45) is 11.8 Å². The first-order chi connectivity index (χ1) is 7.68. The highest BCUT2D eigenvalue weighted by Crippen LogP contribution is 2.38. The van der Waals surface area contributed by atoms with E-state index in [0.29, 0.717) is 17.5 Å². The molecule has 0 bridgehead atoms. The number of nitrogen functional groups attached to an aromatic ring is 1. The van der Waals surface area contributed by atoms with Crippen molar-refractivity contribution >= 4 is 5.69 Å². The first-order valence-corrected chi connectivity index (χ1v) is 6.06. The van der Waals surface area contributed by atoms with Crippen molar-refractivity contribution in [1.29, 1.82) is 0 Å². The average molecular weight is 220 g/mol. The minimum Gasteiger partial charge on any atom is -0.398 e. The number of nitrogens with two attached hydrogens (primary N) is 1. The number of hydrogen-bond donors (Lipinski definition) is 2. The van der Waals surface area contributed by atoms with Gasteiger partial charge >= 0.3 is 0 Å². The number of aromatic nitrogens is 1. The molecule has 88 valence electrons. The second-order valence-electron chi connectivity index (χ2n) is 4.98. The molecule has 2 rings (SSSR count). The van der Waals surface area contributed by atoms with Crippen molar-refractivity contribution < 1.29 is 5.11 Å². The van der Waals surface area contributed by atoms with Gasteiger partial charge in [-0.1, -0.05) is 19.8 Å². The Bertz CT molecular complexity index is 354. The molecule has 1 saturated carbocycles. The van der Waals surface area contributed by atoms with Crippen LogP contribution in [0, 0.1) is 11.8 Å². The highest BCUT2D eigenvalue weighted by molar-refractivity contribution is 5.45. The molecule has 3 heteroatoms. The van der Waals surface area contributed by atoms with Crippen molar-refractivity contribution in [3.8, 4) is 0 Å². The zero-order valence-electron chi connectivity index (χ0n) is 9.76. The van der Waals surface area contributed by atoms with Gasteiger partial charge in [0, 0.05) is 23.6 Å². The molecule has 3 atom stereocenters. The zero-order valence-corrected chi connectivity index (χ0v) is 9.76. The molecule has 1 aromatic heterocycles. The Hall–Kier alpha value is -1.09. The van der Waals surface area contributed by atoms with E-state index in [2.05, 4.69) is 11.9 Å². The average Bonchev–Trinajstić information content (AvgIpc) is 2.29. The van der Waals surface area contributed by atoms with Gasteiger partial charge < -0.3 is 10.8 Å². The molecular formula is C13H20N2O. The van der Waals surface area contributed by atoms with Crippen molar-refractivity contribution in [3.63, 3.8) is 0 Å². The summed E-state index contributed by atoms with van der Waals surface area (Å²) in [5, 5.41) is 10.3. The fraction of sp³-hybridized carbons (Fsp3) is 0.615. The lowest BCUT2D eigenvalue weighted by Gasteiger charge is -2.30. The fourth-order valence-electron chi connectivity index (χ4n) is 2.69. The van der Waals surface area contributed by atoms with Gasteiger partial charge in [-0.25, -0.2) is 0 Å². The number of hydrogen-bond acceptors (Lipinski definition) is 3. The minimum atomic E-state index is -0.448. The number of aliphatic hydroxyl groups is 1. The molecule has 0 amide bonds. The van der Waals surface area contributed by atoms with Crippen LogP contribution in [0.1, 0.15) is 44.3 Å². The largest absolute Gasteiger partial charge is 0.398 e. The quantitative estimate of drug-likeness (QED) is 0.805. The lowest BCUT2D eigenvalue weighted by atomic mass is 9.78. The van der Waals surface area contributed by atoms with E-state index in [1.807, 2.05) is 0 Å². The van der Waals surface area contributed by atoms with E-state index in [9.17, 15) is 5.11 Å². The molecule has 1 fully saturated rings. The third-order valence-corrected chi connectivity index (χ3v) is 3.63. The van der Waals surface area contributed by atoms with E-state index in [4.69, 9.17) is 5.73 Å². The molecule has 16 heavy (non-hydrogen) atoms. The summed E-state index contributed by atoms with van der Waals surface area (Å²) in [5.41, 5.74) is 7.31. The summed E-state index contributed by atoms with van der Waals surface area (Å²) in [6.07, 6.45) is 7.59. The van der Waals surface area contributed by atoms with Crippen LogP contribution >= 0.6 is 0 Å². The fourth-order valence-corrected chi connectivity index (χ4v) is 2.69. The topological polar surface area (TPSA) is 59.1 Å². The Morgan fingerprint density at radius 2 is 2.31 bits per heavy atom. The Morgan fingerprint density at radius 3 is 3.00 bits per heavy atom. The summed E-state index contributed by atoms with van der Waals surface area (Å²) in [4.78, 5) is 4.04. The zero-order chi connectivity index (χ0) is 11.5. The van der Waals surface area contributed by atoms with E-state index in [1.165, 1.54) is 12.8 Å². The van der Waals surface area contributed by atoms with Crippen LogP contribution in [-0.4, -0.2) is 10.1 Å². The molecule has 1 aliphatic carbocycles. The van der Waals surface area contributed by atoms with Crippen LogP contribution in [0.15, 0.2) is 18.5 Å². The number of rotatable bonds is 2. The first kappa shape index (κ1) is 11.4. The van der Waals surface area contributed by atoms with Gasteiger partial charge in [0.05, 0.1) is 6.10 Å². The molecule has 1 aliphatic rings. The van der Waals surface area contributed by atoms with Crippen molar-refractivity contribution in [3.05, 3.63) is 24.0 Å². The molecule has 0 spiro atoms. The monoisotopic (exact) mass is 220 g/mol. The van der Waals surface area contributed by atoms with Gasteiger partial charge in [0.2, 0.25) is 0 Å². The first-order valence-electron chi connectivity index (χ1n) is 6.06. The van der Waals surface area contributed by atoms with Crippen LogP contribution < -0.4 is 5.73 Å². The van der Waals surface area contributed by atoms with Crippen molar-refractivity contribution in [2.75, 3.05) is 5.73 Å². The maximum absolute atomic E-state index is 10.3. The van der Waals surface area contributed by atoms with E-state index in [0.717, 1.165) is 18.4 Å². The molecule has 0 radical (unpaired) electrons. The summed E-state index contributed by atoms with van der Waals surface area (Å²) in [7, 11) is 0. The molecule has 0 saturated heterocycles. The molecule has 1 aromatic rings. The molecule has 3 N–H and O–H groups in total. The Morgan fingerprint density at radius 1 is 1.50 bits per heavy atom. The summed E-state index contributed by atoms with van der Waals surface area (Å²) in [6.45, 7) is 2.26. The Balaban J connectivity index is 2.12. The van der Waals surface area contributed by atoms with Crippen LogP contribution in [0.2, 0.25) is 0 Å². The summed E-state index contributed by atoms with van der Waals surface area (Å²) in [6, 6.07) is 1.75. The lowest BCUT2D eigenvalue weighted by Crippen LogP contribution is -2.21. The van der Waals surface area contributed by atoms with Gasteiger partial charge in [-0.15, -0.1) is 0 Å². The van der Waals surface area contributed by atoms with Gasteiger partial charge in [-0.05, 0) is 30.7 Å². The van der Waals surface area contributed by atoms with Gasteiger partial charge in [-0.3, -0.25) is 4.98 Å². The molecule has 0 aliphatic heterocycles. The number of nitrogens with zero attached hydrogens (tertiary/aromatic N) is 1. The van der Waals surface area contributed by atoms with Crippen LogP contribution in [-0.2, 0) is 0 Å². The van der Waals surface area contributed by atoms with Crippen molar-refractivity contribution in [2.45, 2.75) is 38.7 Å². The maximum atomic E-state index is 10.3. The smallest absolute Gasteiger partial charge is 0.0853 e. The number of anilines is 1. The standard InChI is InChI=1S/C13H20N2O/c1-9-3-2-4-10(7-9)13(16)11-8-15-6-5-12(11)14/h5-6,8-10,13,16H,2-4,7H2,1H3,(H2,14,15). The molecule has 1 heterocycles. The number of aliphatic hydroxyl groups excluding tert-OH is 1. The highest BCUT2D eigenvalue weighted by Gasteiger charge is 2.27. The molecular weight excluding hydrogens is 200 g/mol. The van der Waals surface area contributed by atoms with Gasteiger partial charge in [0.1, 0.15) is 0 Å². The van der Waals surface area contributed by atoms with Crippen LogP contribution in [0.3, 0.4) is 0 Å². The van der Waals surface area contributed by atoms with E-state index < -0.39 is 6.10 Å². The minimum absolute atomic E-state index is 0.343. The summed E-state index contributed by atoms with van der Waals surface area (Å²) >= 11 is 0. The van der Waals surface area contributed by atoms with E-state index >= 15 is 0 Å². The van der Waals surface area contributed by atoms with Crippen molar-refractivity contribution in [1.82, 2.24) is 4.98 Å². The van der Waals surface area contributed by atoms with E-state index in [-0.39, 0.29) is 0 Å². The van der Waals surface area contributed by atoms with Gasteiger partial charge in [0.25, 0.3) is 0 Å². The molecule has 0 aromatic carbocycles. The number of pyridine rings is 1. The SMILES string of the molecule is CC1CCCC(C(O)c2cnccc2N)C1. The Kier molecular flexibility index (Phi) is 3.44. The predicted octanol–water partition coefficient (Wildman–Crippen LogP) is 2.52. The summed E-state index contributed by atoms with van der Waals surface area (Å²) in [5.74, 6) is 1.06. The van der Waals surface area contributed by atoms with Gasteiger partial charge in [-0.2, -0.15) is 0 Å². The predicted molar refractivity (Wildman–Crippen MR) is 64.7 cm³/mol. The summed E-state index contributed by atoms with van der Waals surface area (Å²) < 4.78 is 0. The van der Waals surface area contributed by atoms with Crippen LogP contribution in [0.4, 0.5) is 5.69 Å². The maximum Gasteiger partial charge on any atom is 0.0853 e. The lowest BCUT2D eigenvalue weighted by molar-refractivity contribution is 0.0717. The molecule has 3 unspecified atom stereocenters. The molecule has 3 nitrogen and oxygen atoms in total. The van der Waals surface area contributed by atoms with Crippen LogP contribution in [0.5, 0.6) is 0 Å². The normalized spacial score (nSPS) is 27.6. The second kappa shape index (κ2) is 4.83. The third-order valence-electron chi connectivity index (χ3n) is 3.63. The second-order valence-corrected chi connectivity index (χ2v) is 4.98. The van der Waals surface area contributed by atoms with Crippen LogP contribution in [0.25, 0.3) is 0 Å². The Labute approximate surface area is 96.7 Å². The highest BCUT2D eigenvalue weighted by atomic mass is 16.3. The van der Waals surface area contributed by atoms with Gasteiger partial charge in [0.15, 0.2) is 0 Å². The third kappa shape index (κ3) is 2.35.